The van der Waals surface area contributed by atoms with Gasteiger partial charge < -0.3 is 27.0 Å². The number of carboxylic acids is 1. The Bertz CT molecular complexity index is 795. The smallest absolute Gasteiger partial charge is 0.316 e. The topological polar surface area (TPSA) is 107 Å². The van der Waals surface area contributed by atoms with Crippen molar-refractivity contribution in [2.24, 2.45) is 11.6 Å². The van der Waals surface area contributed by atoms with Gasteiger partial charge in [-0.3, -0.25) is 0 Å². The van der Waals surface area contributed by atoms with Crippen LogP contribution in [0.25, 0.3) is 16.6 Å². The van der Waals surface area contributed by atoms with Crippen molar-refractivity contribution in [2.75, 3.05) is 18.0 Å². The van der Waals surface area contributed by atoms with Crippen molar-refractivity contribution in [1.29, 1.82) is 0 Å². The Balaban J connectivity index is 0.00000392. The Morgan fingerprint density at radius 3 is 2.04 bits per heavy atom. The van der Waals surface area contributed by atoms with Crippen molar-refractivity contribution in [3.05, 3.63) is 64.7 Å². The Labute approximate surface area is 184 Å². The van der Waals surface area contributed by atoms with Crippen molar-refractivity contribution in [3.8, 4) is 11.1 Å². The van der Waals surface area contributed by atoms with E-state index >= 15 is 0 Å². The van der Waals surface area contributed by atoms with E-state index in [0.717, 1.165) is 47.3 Å². The molecule has 2 aromatic rings. The van der Waals surface area contributed by atoms with Crippen LogP contribution in [0.1, 0.15) is 20.3 Å². The quantitative estimate of drug-likeness (QED) is 0.160. The first-order valence-corrected chi connectivity index (χ1v) is 9.59. The molecule has 0 spiro atoms. The number of hydrogen-bond acceptors (Lipinski definition) is 5. The van der Waals surface area contributed by atoms with Crippen LogP contribution in [-0.4, -0.2) is 24.2 Å². The van der Waals surface area contributed by atoms with Crippen LogP contribution in [0, 0.1) is 0 Å². The molecule has 0 unspecified atom stereocenters. The maximum Gasteiger partial charge on any atom is 0.316 e. The van der Waals surface area contributed by atoms with E-state index in [9.17, 15) is 4.79 Å². The monoisotopic (exact) mass is 491 g/mol. The zero-order chi connectivity index (χ0) is 19.8. The molecule has 28 heavy (non-hydrogen) atoms. The Hall–Kier alpha value is -1.98. The van der Waals surface area contributed by atoms with Crippen molar-refractivity contribution in [1.82, 2.24) is 0 Å². The fourth-order valence-electron chi connectivity index (χ4n) is 2.72. The molecular weight excluding hydrogens is 467 g/mol. The van der Waals surface area contributed by atoms with E-state index in [0.29, 0.717) is 0 Å². The van der Waals surface area contributed by atoms with Crippen LogP contribution in [0.2, 0.25) is 0 Å². The average molecular weight is 492 g/mol. The minimum absolute atomic E-state index is 0. The predicted molar refractivity (Wildman–Crippen MR) is 112 cm³/mol. The minimum atomic E-state index is -1.25. The molecule has 0 aliphatic heterocycles. The second kappa shape index (κ2) is 11.8. The second-order valence-corrected chi connectivity index (χ2v) is 7.02. The van der Waals surface area contributed by atoms with Gasteiger partial charge in [-0.05, 0) is 54.4 Å². The molecule has 8 heteroatoms. The van der Waals surface area contributed by atoms with Crippen LogP contribution < -0.4 is 16.5 Å². The molecule has 0 heterocycles. The van der Waals surface area contributed by atoms with Crippen molar-refractivity contribution in [3.63, 3.8) is 0 Å². The summed E-state index contributed by atoms with van der Waals surface area (Å²) in [7, 11) is 0. The van der Waals surface area contributed by atoms with E-state index in [1.54, 1.807) is 0 Å². The van der Waals surface area contributed by atoms with Gasteiger partial charge in [0.05, 0.1) is 5.03 Å². The normalized spacial score (nSPS) is 11.2. The van der Waals surface area contributed by atoms with Gasteiger partial charge in [-0.1, -0.05) is 43.0 Å². The molecule has 0 radical (unpaired) electrons. The molecule has 2 aromatic carbocycles. The maximum absolute atomic E-state index is 11.0. The molecule has 0 aliphatic rings. The molecule has 0 amide bonds. The summed E-state index contributed by atoms with van der Waals surface area (Å²) < 4.78 is 0. The van der Waals surface area contributed by atoms with Crippen molar-refractivity contribution < 1.29 is 30.3 Å². The molecule has 0 saturated heterocycles. The van der Waals surface area contributed by atoms with E-state index in [4.69, 9.17) is 16.7 Å². The number of hydrogen-bond donors (Lipinski definition) is 3. The fraction of sp³-hybridized carbons (Fsp3) is 0.250. The van der Waals surface area contributed by atoms with Crippen LogP contribution in [0.15, 0.2) is 64.2 Å². The van der Waals surface area contributed by atoms with Gasteiger partial charge in [-0.25, -0.2) is 4.79 Å². The van der Waals surface area contributed by atoms with E-state index in [1.807, 2.05) is 24.3 Å². The van der Waals surface area contributed by atoms with Gasteiger partial charge in [-0.2, -0.15) is 0 Å². The number of carboxylic acid groups (broad SMARTS) is 1. The first kappa shape index (κ1) is 24.1. The van der Waals surface area contributed by atoms with E-state index in [-0.39, 0.29) is 31.1 Å². The zero-order valence-corrected chi connectivity index (χ0v) is 18.2. The van der Waals surface area contributed by atoms with Crippen LogP contribution >= 0.6 is 11.8 Å². The zero-order valence-electron chi connectivity index (χ0n) is 15.9. The molecule has 0 bridgehead atoms. The van der Waals surface area contributed by atoms with Gasteiger partial charge >= 0.3 is 5.97 Å². The van der Waals surface area contributed by atoms with Crippen LogP contribution in [0.4, 0.5) is 5.69 Å². The number of aliphatic carboxylic acids is 1. The molecule has 0 aromatic heterocycles. The summed E-state index contributed by atoms with van der Waals surface area (Å²) in [6, 6.07) is 16.3. The number of benzene rings is 2. The third-order valence-corrected chi connectivity index (χ3v) is 5.01. The summed E-state index contributed by atoms with van der Waals surface area (Å²) >= 11 is 1.12. The summed E-state index contributed by atoms with van der Waals surface area (Å²) in [5.74, 6) is 3.83. The van der Waals surface area contributed by atoms with Gasteiger partial charge in [0, 0.05) is 44.1 Å². The number of rotatable bonds is 9. The molecule has 0 saturated carbocycles. The van der Waals surface area contributed by atoms with Crippen LogP contribution in [0.5, 0.6) is 0 Å². The third-order valence-electron chi connectivity index (χ3n) is 4.09. The number of nitrogens with two attached hydrogens (primary N) is 2. The molecule has 0 atom stereocenters. The Morgan fingerprint density at radius 2 is 1.61 bits per heavy atom. The van der Waals surface area contributed by atoms with Crippen molar-refractivity contribution in [2.45, 2.75) is 25.2 Å². The summed E-state index contributed by atoms with van der Waals surface area (Å²) in [5, 5.41) is 9.05. The summed E-state index contributed by atoms with van der Waals surface area (Å²) in [5.41, 5.74) is 12.1. The first-order valence-electron chi connectivity index (χ1n) is 8.77. The summed E-state index contributed by atoms with van der Waals surface area (Å²) in [6.07, 6.45) is 1.12. The molecule has 0 fully saturated rings. The molecule has 154 valence electrons. The van der Waals surface area contributed by atoms with E-state index < -0.39 is 5.97 Å². The summed E-state index contributed by atoms with van der Waals surface area (Å²) in [6.45, 7) is 6.37. The number of thioether (sulfide) groups is 1. The SMILES string of the molecule is CCCN(CC)c1ccc(-c2ccc(S/C(N)=C(/[N-]N)C(=O)O)cc2)cc1.[Pd]. The van der Waals surface area contributed by atoms with Gasteiger partial charge in [0.25, 0.3) is 0 Å². The van der Waals surface area contributed by atoms with Crippen LogP contribution in [-0.2, 0) is 25.2 Å². The summed E-state index contributed by atoms with van der Waals surface area (Å²) in [4.78, 5) is 14.2. The standard InChI is InChI=1S/C20H25N4O2S.Pd/c1-3-13-24(4-2)16-9-5-14(6-10-16)15-7-11-17(12-8-15)27-19(21)18(23-22)20(25)26;/h5-12H,3-4,13,21-22H2,1-2H3,(H,25,26);/q-1;/b19-18+;. The third kappa shape index (κ3) is 6.28. The molecular formula is C20H25N4O2PdS-. The molecule has 0 aliphatic carbocycles. The van der Waals surface area contributed by atoms with E-state index in [2.05, 4.69) is 48.4 Å². The number of nitrogens with zero attached hydrogens (tertiary/aromatic N) is 2. The van der Waals surface area contributed by atoms with Gasteiger partial charge in [-0.15, -0.1) is 0 Å². The average Bonchev–Trinajstić information content (AvgIpc) is 2.67. The largest absolute Gasteiger partial charge is 0.617 e. The Kier molecular flexibility index (Phi) is 10.1. The van der Waals surface area contributed by atoms with Gasteiger partial charge in [0.2, 0.25) is 0 Å². The maximum atomic E-state index is 11.0. The molecule has 6 nitrogen and oxygen atoms in total. The first-order chi connectivity index (χ1) is 13.0. The van der Waals surface area contributed by atoms with E-state index in [1.165, 1.54) is 5.69 Å². The van der Waals surface area contributed by atoms with Crippen LogP contribution in [0.3, 0.4) is 0 Å². The number of anilines is 1. The molecule has 2 rings (SSSR count). The minimum Gasteiger partial charge on any atom is -0.617 e. The number of carbonyl (C=O) groups is 1. The molecule has 5 N–H and O–H groups in total. The fourth-order valence-corrected chi connectivity index (χ4v) is 3.48. The van der Waals surface area contributed by atoms with Gasteiger partial charge in [0.1, 0.15) is 0 Å². The Morgan fingerprint density at radius 1 is 1.07 bits per heavy atom. The van der Waals surface area contributed by atoms with Crippen molar-refractivity contribution >= 4 is 23.4 Å². The predicted octanol–water partition coefficient (Wildman–Crippen LogP) is 4.14. The second-order valence-electron chi connectivity index (χ2n) is 5.90. The van der Waals surface area contributed by atoms with Gasteiger partial charge in [0.15, 0.2) is 0 Å².